The summed E-state index contributed by atoms with van der Waals surface area (Å²) in [5.41, 5.74) is 0.911. The van der Waals surface area contributed by atoms with Crippen molar-refractivity contribution in [2.75, 3.05) is 38.7 Å². The van der Waals surface area contributed by atoms with E-state index in [2.05, 4.69) is 25.8 Å². The Morgan fingerprint density at radius 2 is 1.93 bits per heavy atom. The van der Waals surface area contributed by atoms with Gasteiger partial charge in [-0.15, -0.1) is 0 Å². The predicted molar refractivity (Wildman–Crippen MR) is 119 cm³/mol. The van der Waals surface area contributed by atoms with Crippen molar-refractivity contribution in [1.29, 1.82) is 0 Å². The third kappa shape index (κ3) is 5.77. The van der Waals surface area contributed by atoms with Crippen molar-refractivity contribution < 1.29 is 9.53 Å². The SMILES string of the molecule is CN(C)CCCN(C(=O)CCOc1ccccc1)c1nc2ccc(Br)cc2s1. The Kier molecular flexibility index (Phi) is 7.42. The predicted octanol–water partition coefficient (Wildman–Crippen LogP) is 4.81. The number of benzene rings is 2. The highest BCUT2D eigenvalue weighted by molar-refractivity contribution is 9.10. The number of aromatic nitrogens is 1. The number of carbonyl (C=O) groups is 1. The van der Waals surface area contributed by atoms with Gasteiger partial charge >= 0.3 is 0 Å². The third-order valence-electron chi connectivity index (χ3n) is 4.19. The van der Waals surface area contributed by atoms with Crippen LogP contribution in [0.2, 0.25) is 0 Å². The van der Waals surface area contributed by atoms with Crippen LogP contribution in [-0.4, -0.2) is 49.6 Å². The summed E-state index contributed by atoms with van der Waals surface area (Å²) in [7, 11) is 4.07. The maximum absolute atomic E-state index is 12.9. The summed E-state index contributed by atoms with van der Waals surface area (Å²) in [4.78, 5) is 21.6. The number of anilines is 1. The number of hydrogen-bond donors (Lipinski definition) is 0. The maximum atomic E-state index is 12.9. The summed E-state index contributed by atoms with van der Waals surface area (Å²) < 4.78 is 7.78. The summed E-state index contributed by atoms with van der Waals surface area (Å²) in [6, 6.07) is 15.6. The largest absolute Gasteiger partial charge is 0.493 e. The number of rotatable bonds is 9. The average molecular weight is 462 g/mol. The highest BCUT2D eigenvalue weighted by Crippen LogP contribution is 2.31. The minimum atomic E-state index is 0.0350. The maximum Gasteiger partial charge on any atom is 0.232 e. The minimum Gasteiger partial charge on any atom is -0.493 e. The molecule has 1 heterocycles. The molecule has 0 saturated carbocycles. The lowest BCUT2D eigenvalue weighted by molar-refractivity contribution is -0.119. The molecule has 0 atom stereocenters. The van der Waals surface area contributed by atoms with Crippen LogP contribution in [0.25, 0.3) is 10.2 Å². The van der Waals surface area contributed by atoms with Crippen molar-refractivity contribution in [2.45, 2.75) is 12.8 Å². The highest BCUT2D eigenvalue weighted by Gasteiger charge is 2.19. The molecule has 3 aromatic rings. The molecule has 148 valence electrons. The molecule has 0 bridgehead atoms. The van der Waals surface area contributed by atoms with E-state index in [1.54, 1.807) is 16.2 Å². The first-order chi connectivity index (χ1) is 13.5. The van der Waals surface area contributed by atoms with Crippen molar-refractivity contribution >= 4 is 48.5 Å². The molecule has 0 radical (unpaired) electrons. The summed E-state index contributed by atoms with van der Waals surface area (Å²) in [5, 5.41) is 0.747. The van der Waals surface area contributed by atoms with Crippen molar-refractivity contribution in [3.8, 4) is 5.75 Å². The Morgan fingerprint density at radius 1 is 1.14 bits per heavy atom. The fourth-order valence-electron chi connectivity index (χ4n) is 2.78. The second-order valence-electron chi connectivity index (χ2n) is 6.72. The van der Waals surface area contributed by atoms with Crippen molar-refractivity contribution in [2.24, 2.45) is 0 Å². The monoisotopic (exact) mass is 461 g/mol. The summed E-state index contributed by atoms with van der Waals surface area (Å²) >= 11 is 5.04. The van der Waals surface area contributed by atoms with Crippen LogP contribution in [0.15, 0.2) is 53.0 Å². The number of halogens is 1. The van der Waals surface area contributed by atoms with Gasteiger partial charge in [-0.1, -0.05) is 45.5 Å². The van der Waals surface area contributed by atoms with E-state index >= 15 is 0 Å². The molecular weight excluding hydrogens is 438 g/mol. The molecule has 1 aromatic heterocycles. The molecule has 0 unspecified atom stereocenters. The Bertz CT molecular complexity index is 914. The number of thiazole rings is 1. The van der Waals surface area contributed by atoms with Crippen LogP contribution in [0.5, 0.6) is 5.75 Å². The van der Waals surface area contributed by atoms with Gasteiger partial charge in [-0.05, 0) is 57.4 Å². The first-order valence-corrected chi connectivity index (χ1v) is 10.8. The van der Waals surface area contributed by atoms with E-state index in [0.717, 1.165) is 38.5 Å². The molecule has 28 heavy (non-hydrogen) atoms. The van der Waals surface area contributed by atoms with Gasteiger partial charge in [0.15, 0.2) is 5.13 Å². The smallest absolute Gasteiger partial charge is 0.232 e. The standard InChI is InChI=1S/C21H24BrN3O2S/c1-24(2)12-6-13-25(20(26)11-14-27-17-7-4-3-5-8-17)21-23-18-10-9-16(22)15-19(18)28-21/h3-5,7-10,15H,6,11-14H2,1-2H3. The molecule has 0 aliphatic carbocycles. The zero-order chi connectivity index (χ0) is 19.9. The Hall–Kier alpha value is -1.96. The zero-order valence-electron chi connectivity index (χ0n) is 16.1. The van der Waals surface area contributed by atoms with Gasteiger partial charge in [-0.3, -0.25) is 9.69 Å². The Balaban J connectivity index is 1.70. The van der Waals surface area contributed by atoms with Crippen molar-refractivity contribution in [3.05, 3.63) is 53.0 Å². The molecular formula is C21H24BrN3O2S. The normalized spacial score (nSPS) is 11.1. The molecule has 3 rings (SSSR count). The fraction of sp³-hybridized carbons (Fsp3) is 0.333. The first-order valence-electron chi connectivity index (χ1n) is 9.22. The van der Waals surface area contributed by atoms with Crippen molar-refractivity contribution in [1.82, 2.24) is 9.88 Å². The number of ether oxygens (including phenoxy) is 1. The van der Waals surface area contributed by atoms with Crippen LogP contribution in [0.1, 0.15) is 12.8 Å². The van der Waals surface area contributed by atoms with E-state index in [0.29, 0.717) is 19.6 Å². The van der Waals surface area contributed by atoms with Crippen LogP contribution in [0, 0.1) is 0 Å². The van der Waals surface area contributed by atoms with Crippen LogP contribution >= 0.6 is 27.3 Å². The van der Waals surface area contributed by atoms with Gasteiger partial charge in [-0.2, -0.15) is 0 Å². The quantitative estimate of drug-likeness (QED) is 0.458. The van der Waals surface area contributed by atoms with E-state index in [9.17, 15) is 4.79 Å². The molecule has 2 aromatic carbocycles. The highest BCUT2D eigenvalue weighted by atomic mass is 79.9. The van der Waals surface area contributed by atoms with Gasteiger partial charge in [0.1, 0.15) is 5.75 Å². The molecule has 0 N–H and O–H groups in total. The van der Waals surface area contributed by atoms with Crippen LogP contribution in [-0.2, 0) is 4.79 Å². The lowest BCUT2D eigenvalue weighted by Crippen LogP contribution is -2.34. The topological polar surface area (TPSA) is 45.7 Å². The van der Waals surface area contributed by atoms with E-state index in [4.69, 9.17) is 4.74 Å². The summed E-state index contributed by atoms with van der Waals surface area (Å²) in [6.45, 7) is 1.91. The molecule has 0 fully saturated rings. The van der Waals surface area contributed by atoms with Gasteiger partial charge in [0, 0.05) is 11.0 Å². The van der Waals surface area contributed by atoms with Crippen LogP contribution in [0.3, 0.4) is 0 Å². The van der Waals surface area contributed by atoms with Gasteiger partial charge in [0.05, 0.1) is 23.2 Å². The number of hydrogen-bond acceptors (Lipinski definition) is 5. The number of para-hydroxylation sites is 1. The molecule has 0 aliphatic heterocycles. The Morgan fingerprint density at radius 3 is 2.68 bits per heavy atom. The second kappa shape index (κ2) is 10.0. The third-order valence-corrected chi connectivity index (χ3v) is 5.72. The first kappa shape index (κ1) is 20.8. The lowest BCUT2D eigenvalue weighted by atomic mass is 10.3. The number of nitrogens with zero attached hydrogens (tertiary/aromatic N) is 3. The second-order valence-corrected chi connectivity index (χ2v) is 8.65. The molecule has 0 saturated heterocycles. The average Bonchev–Trinajstić information content (AvgIpc) is 3.08. The lowest BCUT2D eigenvalue weighted by Gasteiger charge is -2.21. The molecule has 5 nitrogen and oxygen atoms in total. The van der Waals surface area contributed by atoms with E-state index in [-0.39, 0.29) is 5.91 Å². The molecule has 1 amide bonds. The number of amides is 1. The van der Waals surface area contributed by atoms with Crippen LogP contribution < -0.4 is 9.64 Å². The van der Waals surface area contributed by atoms with Crippen LogP contribution in [0.4, 0.5) is 5.13 Å². The van der Waals surface area contributed by atoms with E-state index in [1.807, 2.05) is 62.6 Å². The molecule has 7 heteroatoms. The summed E-state index contributed by atoms with van der Waals surface area (Å²) in [5.74, 6) is 0.812. The molecule has 0 aliphatic rings. The van der Waals surface area contributed by atoms with Crippen molar-refractivity contribution in [3.63, 3.8) is 0 Å². The van der Waals surface area contributed by atoms with Gasteiger partial charge in [0.2, 0.25) is 5.91 Å². The minimum absolute atomic E-state index is 0.0350. The van der Waals surface area contributed by atoms with E-state index < -0.39 is 0 Å². The van der Waals surface area contributed by atoms with Gasteiger partial charge in [-0.25, -0.2) is 4.98 Å². The zero-order valence-corrected chi connectivity index (χ0v) is 18.5. The number of carbonyl (C=O) groups excluding carboxylic acids is 1. The van der Waals surface area contributed by atoms with E-state index in [1.165, 1.54) is 0 Å². The number of fused-ring (bicyclic) bond motifs is 1. The van der Waals surface area contributed by atoms with Gasteiger partial charge < -0.3 is 9.64 Å². The van der Waals surface area contributed by atoms with Gasteiger partial charge in [0.25, 0.3) is 0 Å². The fourth-order valence-corrected chi connectivity index (χ4v) is 4.34. The summed E-state index contributed by atoms with van der Waals surface area (Å²) in [6.07, 6.45) is 1.20. The Labute approximate surface area is 178 Å². The molecule has 0 spiro atoms.